The number of sulfonamides is 1. The van der Waals surface area contributed by atoms with Crippen molar-refractivity contribution in [3.05, 3.63) is 29.8 Å². The van der Waals surface area contributed by atoms with Gasteiger partial charge in [0.05, 0.1) is 4.90 Å². The second kappa shape index (κ2) is 5.33. The summed E-state index contributed by atoms with van der Waals surface area (Å²) in [4.78, 5) is 12.0. The SMILES string of the molecule is Cc1ccc(S(=O)(=O)NC(=O)NC2C3CCCC[C@@H]32)cc1. The van der Waals surface area contributed by atoms with Crippen molar-refractivity contribution in [1.82, 2.24) is 10.0 Å². The molecule has 0 heterocycles. The topological polar surface area (TPSA) is 75.3 Å². The zero-order valence-electron chi connectivity index (χ0n) is 12.0. The first-order chi connectivity index (χ1) is 9.97. The summed E-state index contributed by atoms with van der Waals surface area (Å²) < 4.78 is 26.3. The molecule has 2 aliphatic carbocycles. The number of amides is 2. The average Bonchev–Trinajstić information content (AvgIpc) is 3.12. The van der Waals surface area contributed by atoms with Gasteiger partial charge < -0.3 is 5.32 Å². The smallest absolute Gasteiger partial charge is 0.328 e. The van der Waals surface area contributed by atoms with Crippen LogP contribution in [0.4, 0.5) is 4.79 Å². The van der Waals surface area contributed by atoms with E-state index < -0.39 is 16.1 Å². The van der Waals surface area contributed by atoms with Gasteiger partial charge in [0.2, 0.25) is 0 Å². The van der Waals surface area contributed by atoms with Crippen molar-refractivity contribution in [3.8, 4) is 0 Å². The number of aryl methyl sites for hydroxylation is 1. The maximum Gasteiger partial charge on any atom is 0.328 e. The zero-order valence-corrected chi connectivity index (χ0v) is 12.8. The van der Waals surface area contributed by atoms with E-state index in [0.717, 1.165) is 18.4 Å². The molecule has 0 radical (unpaired) electrons. The number of fused-ring (bicyclic) bond motifs is 1. The molecule has 0 aromatic heterocycles. The van der Waals surface area contributed by atoms with E-state index in [2.05, 4.69) is 10.0 Å². The van der Waals surface area contributed by atoms with E-state index in [1.54, 1.807) is 12.1 Å². The molecule has 3 rings (SSSR count). The van der Waals surface area contributed by atoms with Gasteiger partial charge in [-0.25, -0.2) is 17.9 Å². The lowest BCUT2D eigenvalue weighted by molar-refractivity contribution is 0.244. The van der Waals surface area contributed by atoms with Gasteiger partial charge in [-0.2, -0.15) is 0 Å². The monoisotopic (exact) mass is 308 g/mol. The quantitative estimate of drug-likeness (QED) is 0.898. The summed E-state index contributed by atoms with van der Waals surface area (Å²) in [6, 6.07) is 5.96. The fourth-order valence-electron chi connectivity index (χ4n) is 3.29. The molecule has 1 aromatic rings. The highest BCUT2D eigenvalue weighted by molar-refractivity contribution is 7.90. The first kappa shape index (κ1) is 14.4. The van der Waals surface area contributed by atoms with Crippen molar-refractivity contribution < 1.29 is 13.2 Å². The second-order valence-corrected chi connectivity index (χ2v) is 7.71. The summed E-state index contributed by atoms with van der Waals surface area (Å²) in [5, 5.41) is 2.80. The van der Waals surface area contributed by atoms with E-state index in [-0.39, 0.29) is 10.9 Å². The molecular weight excluding hydrogens is 288 g/mol. The van der Waals surface area contributed by atoms with Crippen molar-refractivity contribution >= 4 is 16.1 Å². The molecule has 2 saturated carbocycles. The fraction of sp³-hybridized carbons (Fsp3) is 0.533. The number of benzene rings is 1. The molecule has 0 aliphatic heterocycles. The summed E-state index contributed by atoms with van der Waals surface area (Å²) in [5.74, 6) is 1.10. The van der Waals surface area contributed by atoms with Gasteiger partial charge >= 0.3 is 6.03 Å². The molecule has 5 nitrogen and oxygen atoms in total. The zero-order chi connectivity index (χ0) is 15.0. The number of urea groups is 1. The van der Waals surface area contributed by atoms with Gasteiger partial charge in [-0.1, -0.05) is 30.5 Å². The number of nitrogens with one attached hydrogen (secondary N) is 2. The molecule has 2 unspecified atom stereocenters. The van der Waals surface area contributed by atoms with Gasteiger partial charge in [0.25, 0.3) is 10.0 Å². The first-order valence-electron chi connectivity index (χ1n) is 7.37. The normalized spacial score (nSPS) is 27.6. The minimum absolute atomic E-state index is 0.108. The minimum Gasteiger partial charge on any atom is -0.334 e. The minimum atomic E-state index is -3.79. The predicted molar refractivity (Wildman–Crippen MR) is 79.3 cm³/mol. The predicted octanol–water partition coefficient (Wildman–Crippen LogP) is 2.17. The fourth-order valence-corrected chi connectivity index (χ4v) is 4.20. The average molecular weight is 308 g/mol. The molecule has 6 heteroatoms. The molecule has 0 spiro atoms. The van der Waals surface area contributed by atoms with E-state index in [0.29, 0.717) is 11.8 Å². The Morgan fingerprint density at radius 1 is 1.10 bits per heavy atom. The number of carbonyl (C=O) groups excluding carboxylic acids is 1. The maximum absolute atomic E-state index is 12.1. The molecule has 2 amide bonds. The Balaban J connectivity index is 1.60. The van der Waals surface area contributed by atoms with Gasteiger partial charge in [0.1, 0.15) is 0 Å². The van der Waals surface area contributed by atoms with Crippen LogP contribution in [0.5, 0.6) is 0 Å². The maximum atomic E-state index is 12.1. The Kier molecular flexibility index (Phi) is 3.65. The van der Waals surface area contributed by atoms with Gasteiger partial charge in [-0.15, -0.1) is 0 Å². The summed E-state index contributed by atoms with van der Waals surface area (Å²) in [6.07, 6.45) is 4.70. The van der Waals surface area contributed by atoms with Gasteiger partial charge in [0, 0.05) is 6.04 Å². The highest BCUT2D eigenvalue weighted by Crippen LogP contribution is 2.49. The Morgan fingerprint density at radius 2 is 1.67 bits per heavy atom. The molecule has 0 saturated heterocycles. The van der Waals surface area contributed by atoms with Crippen molar-refractivity contribution in [3.63, 3.8) is 0 Å². The van der Waals surface area contributed by atoms with Gasteiger partial charge in [-0.05, 0) is 43.7 Å². The lowest BCUT2D eigenvalue weighted by Gasteiger charge is -2.08. The molecular formula is C15H20N2O3S. The summed E-state index contributed by atoms with van der Waals surface area (Å²) in [5.41, 5.74) is 0.973. The van der Waals surface area contributed by atoms with Crippen LogP contribution in [-0.4, -0.2) is 20.5 Å². The Bertz CT molecular complexity index is 627. The molecule has 1 aromatic carbocycles. The molecule has 3 atom stereocenters. The van der Waals surface area contributed by atoms with Crippen LogP contribution < -0.4 is 10.0 Å². The van der Waals surface area contributed by atoms with Crippen molar-refractivity contribution in [2.75, 3.05) is 0 Å². The Morgan fingerprint density at radius 3 is 2.24 bits per heavy atom. The largest absolute Gasteiger partial charge is 0.334 e. The van der Waals surface area contributed by atoms with Crippen molar-refractivity contribution in [2.45, 2.75) is 43.5 Å². The van der Waals surface area contributed by atoms with Crippen LogP contribution in [0.15, 0.2) is 29.2 Å². The van der Waals surface area contributed by atoms with Gasteiger partial charge in [-0.3, -0.25) is 0 Å². The van der Waals surface area contributed by atoms with Crippen LogP contribution in [-0.2, 0) is 10.0 Å². The Labute approximate surface area is 125 Å². The second-order valence-electron chi connectivity index (χ2n) is 6.03. The standard InChI is InChI=1S/C15H20N2O3S/c1-10-6-8-11(9-7-10)21(19,20)17-15(18)16-14-12-4-2-3-5-13(12)14/h6-9,12-14H,2-5H2,1H3,(H2,16,17,18)/t12-,13?,14?/m0/s1. The number of rotatable bonds is 3. The first-order valence-corrected chi connectivity index (χ1v) is 8.86. The van der Waals surface area contributed by atoms with Crippen molar-refractivity contribution in [1.29, 1.82) is 0 Å². The number of hydrogen-bond donors (Lipinski definition) is 2. The third-order valence-electron chi connectivity index (χ3n) is 4.51. The van der Waals surface area contributed by atoms with E-state index in [1.807, 2.05) is 6.92 Å². The highest BCUT2D eigenvalue weighted by atomic mass is 32.2. The summed E-state index contributed by atoms with van der Waals surface area (Å²) in [7, 11) is -3.79. The van der Waals surface area contributed by atoms with E-state index in [9.17, 15) is 13.2 Å². The molecule has 2 N–H and O–H groups in total. The summed E-state index contributed by atoms with van der Waals surface area (Å²) in [6.45, 7) is 1.88. The van der Waals surface area contributed by atoms with Crippen LogP contribution in [0.1, 0.15) is 31.2 Å². The molecule has 2 aliphatic rings. The van der Waals surface area contributed by atoms with E-state index >= 15 is 0 Å². The third kappa shape index (κ3) is 3.05. The molecule has 21 heavy (non-hydrogen) atoms. The van der Waals surface area contributed by atoms with Gasteiger partial charge in [0.15, 0.2) is 0 Å². The third-order valence-corrected chi connectivity index (χ3v) is 5.86. The highest BCUT2D eigenvalue weighted by Gasteiger charge is 2.51. The lowest BCUT2D eigenvalue weighted by atomic mass is 10.0. The van der Waals surface area contributed by atoms with Crippen LogP contribution in [0.3, 0.4) is 0 Å². The van der Waals surface area contributed by atoms with E-state index in [4.69, 9.17) is 0 Å². The van der Waals surface area contributed by atoms with Crippen LogP contribution in [0.2, 0.25) is 0 Å². The lowest BCUT2D eigenvalue weighted by Crippen LogP contribution is -2.41. The summed E-state index contributed by atoms with van der Waals surface area (Å²) >= 11 is 0. The number of hydrogen-bond acceptors (Lipinski definition) is 3. The van der Waals surface area contributed by atoms with E-state index in [1.165, 1.54) is 25.0 Å². The van der Waals surface area contributed by atoms with Crippen LogP contribution in [0.25, 0.3) is 0 Å². The van der Waals surface area contributed by atoms with Crippen molar-refractivity contribution in [2.24, 2.45) is 11.8 Å². The Hall–Kier alpha value is -1.56. The molecule has 114 valence electrons. The number of carbonyl (C=O) groups is 1. The van der Waals surface area contributed by atoms with Crippen LogP contribution in [0, 0.1) is 18.8 Å². The van der Waals surface area contributed by atoms with Crippen LogP contribution >= 0.6 is 0 Å². The molecule has 0 bridgehead atoms. The molecule has 2 fully saturated rings.